The van der Waals surface area contributed by atoms with Crippen molar-refractivity contribution in [3.63, 3.8) is 0 Å². The largest absolute Gasteiger partial charge is 0.483 e. The summed E-state index contributed by atoms with van der Waals surface area (Å²) in [4.78, 5) is 10.1. The fourth-order valence-corrected chi connectivity index (χ4v) is 1.53. The molecule has 0 bridgehead atoms. The molecule has 1 aliphatic rings. The van der Waals surface area contributed by atoms with Crippen molar-refractivity contribution in [2.24, 2.45) is 0 Å². The molecule has 1 aromatic carbocycles. The number of hydrogen-bond donors (Lipinski definition) is 0. The lowest BCUT2D eigenvalue weighted by Gasteiger charge is -2.16. The highest BCUT2D eigenvalue weighted by molar-refractivity contribution is 5.53. The van der Waals surface area contributed by atoms with Crippen LogP contribution in [0.4, 0.5) is 5.69 Å². The molecule has 80 valence electrons. The summed E-state index contributed by atoms with van der Waals surface area (Å²) in [5.41, 5.74) is 0.590. The molecule has 1 aromatic heterocycles. The van der Waals surface area contributed by atoms with Crippen molar-refractivity contribution in [2.45, 2.75) is 6.61 Å². The summed E-state index contributed by atoms with van der Waals surface area (Å²) in [6, 6.07) is 4.31. The van der Waals surface area contributed by atoms with E-state index in [0.29, 0.717) is 17.3 Å². The first kappa shape index (κ1) is 8.77. The second-order valence-electron chi connectivity index (χ2n) is 3.20. The Balaban J connectivity index is 2.17. The molecule has 0 amide bonds. The van der Waals surface area contributed by atoms with Crippen molar-refractivity contribution < 1.29 is 9.66 Å². The van der Waals surface area contributed by atoms with Crippen LogP contribution in [0.1, 0.15) is 5.82 Å². The zero-order valence-electron chi connectivity index (χ0n) is 7.90. The monoisotopic (exact) mass is 219 g/mol. The Labute approximate surface area is 88.6 Å². The van der Waals surface area contributed by atoms with Crippen LogP contribution in [0.3, 0.4) is 0 Å². The highest BCUT2D eigenvalue weighted by Crippen LogP contribution is 2.31. The number of nitro groups is 1. The number of nitrogens with zero attached hydrogens (tertiary/aromatic N) is 5. The Hall–Kier alpha value is -2.51. The first-order chi connectivity index (χ1) is 7.75. The molecule has 8 heteroatoms. The van der Waals surface area contributed by atoms with Crippen LogP contribution in [0.15, 0.2) is 18.2 Å². The summed E-state index contributed by atoms with van der Waals surface area (Å²) in [5, 5.41) is 21.6. The van der Waals surface area contributed by atoms with E-state index in [2.05, 4.69) is 15.5 Å². The van der Waals surface area contributed by atoms with Gasteiger partial charge in [-0.25, -0.2) is 0 Å². The van der Waals surface area contributed by atoms with Crippen LogP contribution in [0.25, 0.3) is 5.69 Å². The highest BCUT2D eigenvalue weighted by Gasteiger charge is 2.21. The van der Waals surface area contributed by atoms with Crippen LogP contribution in [0.5, 0.6) is 5.75 Å². The van der Waals surface area contributed by atoms with Crippen LogP contribution in [0, 0.1) is 10.1 Å². The molecule has 0 fully saturated rings. The predicted octanol–water partition coefficient (Wildman–Crippen LogP) is 0.463. The van der Waals surface area contributed by atoms with Gasteiger partial charge in [0.15, 0.2) is 11.6 Å². The van der Waals surface area contributed by atoms with Crippen LogP contribution >= 0.6 is 0 Å². The molecule has 0 N–H and O–H groups in total. The van der Waals surface area contributed by atoms with Gasteiger partial charge < -0.3 is 4.74 Å². The van der Waals surface area contributed by atoms with Crippen molar-refractivity contribution in [1.82, 2.24) is 20.2 Å². The molecule has 0 saturated heterocycles. The Morgan fingerprint density at radius 3 is 3.19 bits per heavy atom. The van der Waals surface area contributed by atoms with Crippen LogP contribution in [-0.4, -0.2) is 25.1 Å². The van der Waals surface area contributed by atoms with Crippen LogP contribution in [0.2, 0.25) is 0 Å². The van der Waals surface area contributed by atoms with Gasteiger partial charge in [-0.05, 0) is 16.5 Å². The van der Waals surface area contributed by atoms with E-state index < -0.39 is 4.92 Å². The van der Waals surface area contributed by atoms with Gasteiger partial charge in [-0.3, -0.25) is 10.1 Å². The SMILES string of the molecule is O=[N+]([O-])c1ccc2c(c1)OCc1nnnn1-2. The minimum atomic E-state index is -0.473. The second kappa shape index (κ2) is 2.99. The van der Waals surface area contributed by atoms with E-state index in [0.717, 1.165) is 0 Å². The quantitative estimate of drug-likeness (QED) is 0.510. The number of non-ortho nitro benzene ring substituents is 1. The number of hydrogen-bond acceptors (Lipinski definition) is 6. The van der Waals surface area contributed by atoms with E-state index in [9.17, 15) is 10.1 Å². The third-order valence-electron chi connectivity index (χ3n) is 2.27. The molecule has 2 aromatic rings. The zero-order valence-corrected chi connectivity index (χ0v) is 7.90. The first-order valence-electron chi connectivity index (χ1n) is 4.44. The summed E-state index contributed by atoms with van der Waals surface area (Å²) in [5.74, 6) is 0.982. The van der Waals surface area contributed by atoms with Crippen LogP contribution in [-0.2, 0) is 6.61 Å². The molecule has 0 spiro atoms. The van der Waals surface area contributed by atoms with E-state index >= 15 is 0 Å². The maximum absolute atomic E-state index is 10.6. The number of ether oxygens (including phenoxy) is 1. The molecule has 0 aliphatic carbocycles. The van der Waals surface area contributed by atoms with Gasteiger partial charge in [-0.15, -0.1) is 5.10 Å². The third-order valence-corrected chi connectivity index (χ3v) is 2.27. The smallest absolute Gasteiger partial charge is 0.273 e. The summed E-state index contributed by atoms with van der Waals surface area (Å²) >= 11 is 0. The van der Waals surface area contributed by atoms with Crippen LogP contribution < -0.4 is 4.74 Å². The van der Waals surface area contributed by atoms with Gasteiger partial charge in [0, 0.05) is 6.07 Å². The average molecular weight is 219 g/mol. The van der Waals surface area contributed by atoms with E-state index in [1.54, 1.807) is 6.07 Å². The molecule has 0 unspecified atom stereocenters. The van der Waals surface area contributed by atoms with Crippen molar-refractivity contribution in [1.29, 1.82) is 0 Å². The highest BCUT2D eigenvalue weighted by atomic mass is 16.6. The van der Waals surface area contributed by atoms with E-state index in [1.165, 1.54) is 16.8 Å². The Bertz CT molecular complexity index is 579. The van der Waals surface area contributed by atoms with E-state index in [1.807, 2.05) is 0 Å². The Kier molecular flexibility index (Phi) is 1.64. The van der Waals surface area contributed by atoms with Crippen molar-refractivity contribution in [3.8, 4) is 11.4 Å². The van der Waals surface area contributed by atoms with Gasteiger partial charge in [-0.1, -0.05) is 0 Å². The van der Waals surface area contributed by atoms with Gasteiger partial charge in [0.05, 0.1) is 11.0 Å². The fraction of sp³-hybridized carbons (Fsp3) is 0.125. The van der Waals surface area contributed by atoms with Gasteiger partial charge in [-0.2, -0.15) is 4.68 Å². The lowest BCUT2D eigenvalue weighted by Crippen LogP contribution is -2.14. The summed E-state index contributed by atoms with van der Waals surface area (Å²) in [6.07, 6.45) is 0. The normalized spacial score (nSPS) is 12.5. The number of benzene rings is 1. The minimum Gasteiger partial charge on any atom is -0.483 e. The van der Waals surface area contributed by atoms with Gasteiger partial charge in [0.25, 0.3) is 5.69 Å². The molecule has 1 aliphatic heterocycles. The van der Waals surface area contributed by atoms with E-state index in [-0.39, 0.29) is 12.3 Å². The predicted molar refractivity (Wildman–Crippen MR) is 50.1 cm³/mol. The molecular formula is C8H5N5O3. The molecule has 2 heterocycles. The summed E-state index contributed by atoms with van der Waals surface area (Å²) < 4.78 is 6.83. The zero-order chi connectivity index (χ0) is 11.1. The number of nitro benzene ring substituents is 1. The molecule has 8 nitrogen and oxygen atoms in total. The topological polar surface area (TPSA) is 96.0 Å². The van der Waals surface area contributed by atoms with Gasteiger partial charge in [0.2, 0.25) is 0 Å². The lowest BCUT2D eigenvalue weighted by atomic mass is 10.2. The third kappa shape index (κ3) is 1.13. The number of fused-ring (bicyclic) bond motifs is 3. The Morgan fingerprint density at radius 1 is 1.50 bits per heavy atom. The maximum Gasteiger partial charge on any atom is 0.273 e. The molecule has 0 radical (unpaired) electrons. The summed E-state index contributed by atoms with van der Waals surface area (Å²) in [6.45, 7) is 0.209. The lowest BCUT2D eigenvalue weighted by molar-refractivity contribution is -0.384. The molecule has 16 heavy (non-hydrogen) atoms. The molecule has 0 atom stereocenters. The fourth-order valence-electron chi connectivity index (χ4n) is 1.53. The number of rotatable bonds is 1. The summed E-state index contributed by atoms with van der Waals surface area (Å²) in [7, 11) is 0. The average Bonchev–Trinajstić information content (AvgIpc) is 2.76. The van der Waals surface area contributed by atoms with Crippen molar-refractivity contribution >= 4 is 5.69 Å². The van der Waals surface area contributed by atoms with Gasteiger partial charge in [0.1, 0.15) is 12.3 Å². The Morgan fingerprint density at radius 2 is 2.38 bits per heavy atom. The minimum absolute atomic E-state index is 0.0183. The van der Waals surface area contributed by atoms with Crippen molar-refractivity contribution in [3.05, 3.63) is 34.1 Å². The van der Waals surface area contributed by atoms with E-state index in [4.69, 9.17) is 4.74 Å². The van der Waals surface area contributed by atoms with Crippen molar-refractivity contribution in [2.75, 3.05) is 0 Å². The number of tetrazole rings is 1. The first-order valence-corrected chi connectivity index (χ1v) is 4.44. The molecule has 3 rings (SSSR count). The molecular weight excluding hydrogens is 214 g/mol. The number of aromatic nitrogens is 4. The molecule has 0 saturated carbocycles. The van der Waals surface area contributed by atoms with Gasteiger partial charge >= 0.3 is 0 Å². The maximum atomic E-state index is 10.6. The second-order valence-corrected chi connectivity index (χ2v) is 3.20. The standard InChI is InChI=1S/C8H5N5O3/c14-13(15)5-1-2-6-7(3-5)16-4-8-9-10-11-12(6)8/h1-3H,4H2.